The Kier molecular flexibility index (Phi) is 3.44. The zero-order valence-corrected chi connectivity index (χ0v) is 11.6. The van der Waals surface area contributed by atoms with E-state index in [1.54, 1.807) is 6.92 Å². The SMILES string of the molecule is CCS(=O)(=O)C1CN(C(=O)c2ccc(=O)n(C)n2)C1. The van der Waals surface area contributed by atoms with E-state index in [4.69, 9.17) is 0 Å². The van der Waals surface area contributed by atoms with Crippen LogP contribution in [0.2, 0.25) is 0 Å². The average molecular weight is 285 g/mol. The van der Waals surface area contributed by atoms with Crippen molar-refractivity contribution in [3.05, 3.63) is 28.2 Å². The highest BCUT2D eigenvalue weighted by atomic mass is 32.2. The molecular weight excluding hydrogens is 270 g/mol. The number of carbonyl (C=O) groups is 1. The lowest BCUT2D eigenvalue weighted by Gasteiger charge is -2.38. The Hall–Kier alpha value is -1.70. The fourth-order valence-electron chi connectivity index (χ4n) is 1.85. The summed E-state index contributed by atoms with van der Waals surface area (Å²) in [5.41, 5.74) is -0.152. The van der Waals surface area contributed by atoms with Gasteiger partial charge in [0.25, 0.3) is 11.5 Å². The molecule has 8 heteroatoms. The lowest BCUT2D eigenvalue weighted by atomic mass is 10.2. The molecule has 0 aliphatic carbocycles. The van der Waals surface area contributed by atoms with Crippen LogP contribution in [0, 0.1) is 0 Å². The summed E-state index contributed by atoms with van der Waals surface area (Å²) in [4.78, 5) is 24.6. The maximum Gasteiger partial charge on any atom is 0.274 e. The van der Waals surface area contributed by atoms with Crippen LogP contribution in [0.4, 0.5) is 0 Å². The monoisotopic (exact) mass is 285 g/mol. The van der Waals surface area contributed by atoms with Crippen molar-refractivity contribution in [2.75, 3.05) is 18.8 Å². The van der Waals surface area contributed by atoms with Crippen LogP contribution in [0.1, 0.15) is 17.4 Å². The molecule has 0 saturated carbocycles. The first kappa shape index (κ1) is 13.7. The third-order valence-electron chi connectivity index (χ3n) is 3.23. The van der Waals surface area contributed by atoms with Gasteiger partial charge in [0.05, 0.1) is 5.25 Å². The van der Waals surface area contributed by atoms with Crippen LogP contribution in [0.25, 0.3) is 0 Å². The van der Waals surface area contributed by atoms with Crippen LogP contribution in [-0.2, 0) is 16.9 Å². The number of carbonyl (C=O) groups excluding carboxylic acids is 1. The molecular formula is C11H15N3O4S. The second kappa shape index (κ2) is 4.76. The van der Waals surface area contributed by atoms with Crippen LogP contribution >= 0.6 is 0 Å². The van der Waals surface area contributed by atoms with Gasteiger partial charge >= 0.3 is 0 Å². The van der Waals surface area contributed by atoms with E-state index in [1.165, 1.54) is 24.1 Å². The highest BCUT2D eigenvalue weighted by Gasteiger charge is 2.39. The molecule has 0 bridgehead atoms. The molecule has 7 nitrogen and oxygen atoms in total. The van der Waals surface area contributed by atoms with Crippen molar-refractivity contribution in [2.24, 2.45) is 7.05 Å². The highest BCUT2D eigenvalue weighted by Crippen LogP contribution is 2.18. The fourth-order valence-corrected chi connectivity index (χ4v) is 3.13. The van der Waals surface area contributed by atoms with Crippen molar-refractivity contribution in [3.63, 3.8) is 0 Å². The van der Waals surface area contributed by atoms with Crippen molar-refractivity contribution < 1.29 is 13.2 Å². The molecule has 0 atom stereocenters. The molecule has 1 aromatic heterocycles. The van der Waals surface area contributed by atoms with Gasteiger partial charge in [0.1, 0.15) is 5.69 Å². The number of aryl methyl sites for hydroxylation is 1. The standard InChI is InChI=1S/C11H15N3O4S/c1-3-19(17,18)8-6-14(7-8)11(16)9-4-5-10(15)13(2)12-9/h4-5,8H,3,6-7H2,1-2H3. The first-order valence-corrected chi connectivity index (χ1v) is 7.62. The number of amides is 1. The van der Waals surface area contributed by atoms with E-state index in [-0.39, 0.29) is 36.0 Å². The summed E-state index contributed by atoms with van der Waals surface area (Å²) >= 11 is 0. The minimum atomic E-state index is -3.09. The summed E-state index contributed by atoms with van der Waals surface area (Å²) in [6, 6.07) is 2.62. The second-order valence-electron chi connectivity index (χ2n) is 4.46. The van der Waals surface area contributed by atoms with E-state index in [9.17, 15) is 18.0 Å². The van der Waals surface area contributed by atoms with Gasteiger partial charge in [-0.2, -0.15) is 5.10 Å². The Bertz CT molecular complexity index is 659. The van der Waals surface area contributed by atoms with Crippen LogP contribution in [0.15, 0.2) is 16.9 Å². The van der Waals surface area contributed by atoms with Crippen molar-refractivity contribution >= 4 is 15.7 Å². The summed E-state index contributed by atoms with van der Waals surface area (Å²) in [5.74, 6) is -0.268. The largest absolute Gasteiger partial charge is 0.335 e. The molecule has 104 valence electrons. The van der Waals surface area contributed by atoms with Gasteiger partial charge < -0.3 is 4.90 Å². The molecule has 19 heavy (non-hydrogen) atoms. The molecule has 2 heterocycles. The van der Waals surface area contributed by atoms with E-state index < -0.39 is 15.1 Å². The Morgan fingerprint density at radius 3 is 2.58 bits per heavy atom. The maximum atomic E-state index is 12.0. The van der Waals surface area contributed by atoms with Gasteiger partial charge in [0.15, 0.2) is 9.84 Å². The van der Waals surface area contributed by atoms with E-state index in [0.29, 0.717) is 0 Å². The van der Waals surface area contributed by atoms with Gasteiger partial charge in [-0.25, -0.2) is 13.1 Å². The number of hydrogen-bond donors (Lipinski definition) is 0. The number of nitrogens with zero attached hydrogens (tertiary/aromatic N) is 3. The van der Waals surface area contributed by atoms with Crippen molar-refractivity contribution in [1.29, 1.82) is 0 Å². The molecule has 0 radical (unpaired) electrons. The van der Waals surface area contributed by atoms with Crippen LogP contribution in [0.3, 0.4) is 0 Å². The van der Waals surface area contributed by atoms with Gasteiger partial charge in [-0.3, -0.25) is 9.59 Å². The molecule has 1 fully saturated rings. The Morgan fingerprint density at radius 2 is 2.05 bits per heavy atom. The average Bonchev–Trinajstić information content (AvgIpc) is 2.30. The molecule has 0 spiro atoms. The van der Waals surface area contributed by atoms with Crippen molar-refractivity contribution in [2.45, 2.75) is 12.2 Å². The lowest BCUT2D eigenvalue weighted by molar-refractivity contribution is 0.0650. The number of sulfone groups is 1. The first-order valence-electron chi connectivity index (χ1n) is 5.90. The third kappa shape index (κ3) is 2.53. The molecule has 1 saturated heterocycles. The number of hydrogen-bond acceptors (Lipinski definition) is 5. The molecule has 2 rings (SSSR count). The predicted octanol–water partition coefficient (Wildman–Crippen LogP) is -0.961. The normalized spacial score (nSPS) is 16.2. The van der Waals surface area contributed by atoms with Crippen LogP contribution in [-0.4, -0.2) is 53.1 Å². The number of aromatic nitrogens is 2. The minimum Gasteiger partial charge on any atom is -0.335 e. The second-order valence-corrected chi connectivity index (χ2v) is 7.03. The van der Waals surface area contributed by atoms with Crippen LogP contribution in [0.5, 0.6) is 0 Å². The van der Waals surface area contributed by atoms with Crippen molar-refractivity contribution in [1.82, 2.24) is 14.7 Å². The smallest absolute Gasteiger partial charge is 0.274 e. The lowest BCUT2D eigenvalue weighted by Crippen LogP contribution is -2.57. The van der Waals surface area contributed by atoms with Gasteiger partial charge in [-0.15, -0.1) is 0 Å². The van der Waals surface area contributed by atoms with Gasteiger partial charge in [-0.1, -0.05) is 6.92 Å². The summed E-state index contributed by atoms with van der Waals surface area (Å²) < 4.78 is 24.2. The quantitative estimate of drug-likeness (QED) is 0.713. The zero-order chi connectivity index (χ0) is 14.2. The summed E-state index contributed by atoms with van der Waals surface area (Å²) in [5, 5.41) is 3.37. The third-order valence-corrected chi connectivity index (χ3v) is 5.34. The first-order chi connectivity index (χ1) is 8.85. The number of likely N-dealkylation sites (tertiary alicyclic amines) is 1. The molecule has 0 unspecified atom stereocenters. The fraction of sp³-hybridized carbons (Fsp3) is 0.545. The number of rotatable bonds is 3. The zero-order valence-electron chi connectivity index (χ0n) is 10.7. The van der Waals surface area contributed by atoms with Crippen LogP contribution < -0.4 is 5.56 Å². The maximum absolute atomic E-state index is 12.0. The predicted molar refractivity (Wildman–Crippen MR) is 68.6 cm³/mol. The Balaban J connectivity index is 2.08. The molecule has 0 aromatic carbocycles. The highest BCUT2D eigenvalue weighted by molar-refractivity contribution is 7.92. The van der Waals surface area contributed by atoms with E-state index in [0.717, 1.165) is 4.68 Å². The van der Waals surface area contributed by atoms with E-state index >= 15 is 0 Å². The summed E-state index contributed by atoms with van der Waals surface area (Å²) in [6.07, 6.45) is 0. The van der Waals surface area contributed by atoms with E-state index in [2.05, 4.69) is 5.10 Å². The summed E-state index contributed by atoms with van der Waals surface area (Å²) in [7, 11) is -1.64. The topological polar surface area (TPSA) is 89.3 Å². The Morgan fingerprint density at radius 1 is 1.42 bits per heavy atom. The summed E-state index contributed by atoms with van der Waals surface area (Å²) in [6.45, 7) is 1.98. The molecule has 1 aliphatic rings. The van der Waals surface area contributed by atoms with Gasteiger partial charge in [0.2, 0.25) is 0 Å². The molecule has 1 aliphatic heterocycles. The molecule has 1 amide bonds. The molecule has 1 aromatic rings. The van der Waals surface area contributed by atoms with Gasteiger partial charge in [0, 0.05) is 32.0 Å². The van der Waals surface area contributed by atoms with Crippen molar-refractivity contribution in [3.8, 4) is 0 Å². The minimum absolute atomic E-state index is 0.0811. The van der Waals surface area contributed by atoms with Gasteiger partial charge in [-0.05, 0) is 6.07 Å². The Labute approximate surface area is 110 Å². The molecule has 0 N–H and O–H groups in total. The van der Waals surface area contributed by atoms with E-state index in [1.807, 2.05) is 0 Å².